The van der Waals surface area contributed by atoms with E-state index in [9.17, 15) is 9.18 Å². The van der Waals surface area contributed by atoms with E-state index in [0.717, 1.165) is 0 Å². The summed E-state index contributed by atoms with van der Waals surface area (Å²) < 4.78 is 15.1. The van der Waals surface area contributed by atoms with E-state index in [-0.39, 0.29) is 12.6 Å². The van der Waals surface area contributed by atoms with Crippen LogP contribution in [0.15, 0.2) is 55.2 Å². The van der Waals surface area contributed by atoms with E-state index in [4.69, 9.17) is 0 Å². The Morgan fingerprint density at radius 3 is 2.92 bits per heavy atom. The smallest absolute Gasteiger partial charge is 0.322 e. The average Bonchev–Trinajstić information content (AvgIpc) is 3.10. The number of nitrogens with zero attached hydrogens (tertiary/aromatic N) is 5. The third-order valence-electron chi connectivity index (χ3n) is 3.31. The molecule has 2 aromatic heterocycles. The van der Waals surface area contributed by atoms with Crippen molar-refractivity contribution in [1.29, 1.82) is 0 Å². The quantitative estimate of drug-likeness (QED) is 0.799. The monoisotopic (exact) mass is 326 g/mol. The fourth-order valence-corrected chi connectivity index (χ4v) is 2.16. The number of hydrogen-bond donors (Lipinski definition) is 1. The highest BCUT2D eigenvalue weighted by molar-refractivity contribution is 5.91. The lowest BCUT2D eigenvalue weighted by Crippen LogP contribution is -2.31. The van der Waals surface area contributed by atoms with E-state index in [2.05, 4.69) is 20.4 Å². The highest BCUT2D eigenvalue weighted by atomic mass is 19.1. The topological polar surface area (TPSA) is 75.9 Å². The van der Waals surface area contributed by atoms with Crippen molar-refractivity contribution in [3.05, 3.63) is 66.8 Å². The molecule has 2 heterocycles. The van der Waals surface area contributed by atoms with Crippen LogP contribution in [0.2, 0.25) is 0 Å². The van der Waals surface area contributed by atoms with Crippen LogP contribution in [-0.2, 0) is 6.54 Å². The first kappa shape index (κ1) is 15.6. The zero-order valence-corrected chi connectivity index (χ0v) is 12.9. The van der Waals surface area contributed by atoms with Crippen LogP contribution in [0.1, 0.15) is 5.69 Å². The molecular formula is C16H15FN6O. The van der Waals surface area contributed by atoms with Crippen LogP contribution in [0.3, 0.4) is 0 Å². The normalized spacial score (nSPS) is 10.4. The van der Waals surface area contributed by atoms with E-state index in [1.165, 1.54) is 17.0 Å². The molecule has 0 spiro atoms. The van der Waals surface area contributed by atoms with Crippen molar-refractivity contribution in [2.24, 2.45) is 0 Å². The molecule has 0 aliphatic rings. The Kier molecular flexibility index (Phi) is 4.46. The van der Waals surface area contributed by atoms with Gasteiger partial charge >= 0.3 is 6.03 Å². The number of carbonyl (C=O) groups is 1. The van der Waals surface area contributed by atoms with E-state index >= 15 is 0 Å². The molecule has 1 aromatic carbocycles. The Morgan fingerprint density at radius 2 is 2.21 bits per heavy atom. The predicted molar refractivity (Wildman–Crippen MR) is 86.0 cm³/mol. The summed E-state index contributed by atoms with van der Waals surface area (Å²) in [5.74, 6) is -0.446. The van der Waals surface area contributed by atoms with E-state index in [0.29, 0.717) is 17.1 Å². The van der Waals surface area contributed by atoms with Gasteiger partial charge in [-0.3, -0.25) is 9.97 Å². The standard InChI is InChI=1S/C16H15FN6O/c1-22(11-13-10-18-6-7-19-13)16(24)21-14-9-12(17)3-4-15(14)23-8-2-5-20-23/h2-10H,11H2,1H3,(H,21,24). The number of anilines is 1. The first-order valence-corrected chi connectivity index (χ1v) is 7.20. The van der Waals surface area contributed by atoms with Gasteiger partial charge in [0.1, 0.15) is 5.82 Å². The summed E-state index contributed by atoms with van der Waals surface area (Å²) in [7, 11) is 1.62. The Bertz CT molecular complexity index is 822. The molecule has 0 aliphatic carbocycles. The van der Waals surface area contributed by atoms with Gasteiger partial charge in [0, 0.05) is 31.8 Å². The lowest BCUT2D eigenvalue weighted by Gasteiger charge is -2.19. The number of benzene rings is 1. The van der Waals surface area contributed by atoms with Gasteiger partial charge in [0.2, 0.25) is 0 Å². The van der Waals surface area contributed by atoms with Crippen molar-refractivity contribution >= 4 is 11.7 Å². The van der Waals surface area contributed by atoms with Gasteiger partial charge < -0.3 is 10.2 Å². The van der Waals surface area contributed by atoms with Crippen LogP contribution in [0.4, 0.5) is 14.9 Å². The fraction of sp³-hybridized carbons (Fsp3) is 0.125. The minimum absolute atomic E-state index is 0.284. The minimum atomic E-state index is -0.446. The Labute approximate surface area is 137 Å². The molecule has 8 heteroatoms. The summed E-state index contributed by atoms with van der Waals surface area (Å²) in [4.78, 5) is 21.9. The van der Waals surface area contributed by atoms with Crippen molar-refractivity contribution in [3.63, 3.8) is 0 Å². The van der Waals surface area contributed by atoms with Gasteiger partial charge in [-0.15, -0.1) is 0 Å². The lowest BCUT2D eigenvalue weighted by atomic mass is 10.2. The van der Waals surface area contributed by atoms with Crippen LogP contribution < -0.4 is 5.32 Å². The molecule has 0 unspecified atom stereocenters. The van der Waals surface area contributed by atoms with Crippen LogP contribution in [0.5, 0.6) is 0 Å². The molecule has 24 heavy (non-hydrogen) atoms. The molecule has 1 N–H and O–H groups in total. The van der Waals surface area contributed by atoms with Crippen LogP contribution in [0, 0.1) is 5.82 Å². The average molecular weight is 326 g/mol. The molecule has 0 bridgehead atoms. The summed E-state index contributed by atoms with van der Waals surface area (Å²) >= 11 is 0. The van der Waals surface area contributed by atoms with E-state index < -0.39 is 5.82 Å². The van der Waals surface area contributed by atoms with Crippen LogP contribution in [-0.4, -0.2) is 37.7 Å². The molecule has 0 saturated carbocycles. The second kappa shape index (κ2) is 6.86. The molecule has 0 fully saturated rings. The van der Waals surface area contributed by atoms with Gasteiger partial charge in [-0.2, -0.15) is 5.10 Å². The summed E-state index contributed by atoms with van der Waals surface area (Å²) in [5.41, 5.74) is 1.55. The largest absolute Gasteiger partial charge is 0.322 e. The Morgan fingerprint density at radius 1 is 1.33 bits per heavy atom. The molecule has 0 saturated heterocycles. The summed E-state index contributed by atoms with van der Waals surface area (Å²) in [5, 5.41) is 6.81. The molecule has 7 nitrogen and oxygen atoms in total. The summed E-state index contributed by atoms with van der Waals surface area (Å²) in [6.07, 6.45) is 8.03. The first-order chi connectivity index (χ1) is 11.6. The van der Waals surface area contributed by atoms with Crippen molar-refractivity contribution in [2.75, 3.05) is 12.4 Å². The third kappa shape index (κ3) is 3.54. The minimum Gasteiger partial charge on any atom is -0.322 e. The SMILES string of the molecule is CN(Cc1cnccn1)C(=O)Nc1cc(F)ccc1-n1cccn1. The Hall–Kier alpha value is -3.29. The molecule has 0 atom stereocenters. The molecule has 0 aliphatic heterocycles. The fourth-order valence-electron chi connectivity index (χ4n) is 2.16. The van der Waals surface area contributed by atoms with Gasteiger partial charge in [-0.05, 0) is 24.3 Å². The highest BCUT2D eigenvalue weighted by Crippen LogP contribution is 2.21. The molecule has 122 valence electrons. The van der Waals surface area contributed by atoms with Gasteiger partial charge in [0.25, 0.3) is 0 Å². The van der Waals surface area contributed by atoms with Crippen molar-refractivity contribution in [1.82, 2.24) is 24.6 Å². The van der Waals surface area contributed by atoms with Gasteiger partial charge in [0.05, 0.1) is 29.8 Å². The zero-order chi connectivity index (χ0) is 16.9. The number of nitrogens with one attached hydrogen (secondary N) is 1. The zero-order valence-electron chi connectivity index (χ0n) is 12.9. The second-order valence-electron chi connectivity index (χ2n) is 5.10. The molecule has 3 aromatic rings. The van der Waals surface area contributed by atoms with Crippen LogP contribution >= 0.6 is 0 Å². The molecule has 2 amide bonds. The number of aromatic nitrogens is 4. The number of hydrogen-bond acceptors (Lipinski definition) is 4. The number of rotatable bonds is 4. The molecule has 0 radical (unpaired) electrons. The van der Waals surface area contributed by atoms with E-state index in [1.807, 2.05) is 0 Å². The number of amides is 2. The number of urea groups is 1. The highest BCUT2D eigenvalue weighted by Gasteiger charge is 2.14. The second-order valence-corrected chi connectivity index (χ2v) is 5.10. The van der Waals surface area contributed by atoms with Crippen LogP contribution in [0.25, 0.3) is 5.69 Å². The van der Waals surface area contributed by atoms with Gasteiger partial charge in [-0.25, -0.2) is 13.9 Å². The molecular weight excluding hydrogens is 311 g/mol. The van der Waals surface area contributed by atoms with Gasteiger partial charge in [0.15, 0.2) is 0 Å². The maximum Gasteiger partial charge on any atom is 0.322 e. The summed E-state index contributed by atoms with van der Waals surface area (Å²) in [6.45, 7) is 0.284. The first-order valence-electron chi connectivity index (χ1n) is 7.20. The molecule has 3 rings (SSSR count). The van der Waals surface area contributed by atoms with E-state index in [1.54, 1.807) is 54.8 Å². The lowest BCUT2D eigenvalue weighted by molar-refractivity contribution is 0.220. The van der Waals surface area contributed by atoms with Gasteiger partial charge in [-0.1, -0.05) is 0 Å². The van der Waals surface area contributed by atoms with Crippen molar-refractivity contribution in [2.45, 2.75) is 6.54 Å². The maximum atomic E-state index is 13.6. The van der Waals surface area contributed by atoms with Crippen molar-refractivity contribution < 1.29 is 9.18 Å². The van der Waals surface area contributed by atoms with Crippen molar-refractivity contribution in [3.8, 4) is 5.69 Å². The third-order valence-corrected chi connectivity index (χ3v) is 3.31. The number of halogens is 1. The number of carbonyl (C=O) groups excluding carboxylic acids is 1. The summed E-state index contributed by atoms with van der Waals surface area (Å²) in [6, 6.07) is 5.48. The maximum absolute atomic E-state index is 13.6. The Balaban J connectivity index is 1.78. The predicted octanol–water partition coefficient (Wildman–Crippen LogP) is 2.47.